The molecule has 2 N–H and O–H groups in total. The minimum Gasteiger partial charge on any atom is -0.469 e. The molecule has 2 unspecified atom stereocenters. The molecule has 0 bridgehead atoms. The van der Waals surface area contributed by atoms with Crippen LogP contribution >= 0.6 is 0 Å². The minimum absolute atomic E-state index is 0.0530. The smallest absolute Gasteiger partial charge is 0.309 e. The third-order valence-electron chi connectivity index (χ3n) is 3.23. The van der Waals surface area contributed by atoms with Gasteiger partial charge in [0.15, 0.2) is 0 Å². The van der Waals surface area contributed by atoms with Crippen molar-refractivity contribution in [2.24, 2.45) is 11.7 Å². The minimum atomic E-state index is -3.66. The maximum absolute atomic E-state index is 12.5. The average molecular weight is 314 g/mol. The van der Waals surface area contributed by atoms with Gasteiger partial charge in [-0.3, -0.25) is 4.79 Å². The molecular weight excluding hydrogens is 292 g/mol. The number of rotatable bonds is 6. The molecule has 0 aliphatic heterocycles. The first kappa shape index (κ1) is 17.6. The van der Waals surface area contributed by atoms with Gasteiger partial charge in [-0.25, -0.2) is 12.7 Å². The first-order valence-electron chi connectivity index (χ1n) is 6.59. The molecule has 21 heavy (non-hydrogen) atoms. The molecule has 1 aromatic carbocycles. The number of nitrogens with two attached hydrogens (primary N) is 1. The lowest BCUT2D eigenvalue weighted by Crippen LogP contribution is -2.34. The Bertz CT molecular complexity index is 599. The van der Waals surface area contributed by atoms with Gasteiger partial charge < -0.3 is 10.5 Å². The third kappa shape index (κ3) is 4.26. The lowest BCUT2D eigenvalue weighted by atomic mass is 10.1. The maximum Gasteiger partial charge on any atom is 0.309 e. The summed E-state index contributed by atoms with van der Waals surface area (Å²) in [6.45, 7) is 3.46. The molecule has 1 rings (SSSR count). The Hall–Kier alpha value is -1.44. The summed E-state index contributed by atoms with van der Waals surface area (Å²) < 4.78 is 30.7. The molecule has 0 spiro atoms. The SMILES string of the molecule is COC(=O)C(C)CN(C)S(=O)(=O)c1cccc(C(C)N)c1. The van der Waals surface area contributed by atoms with E-state index >= 15 is 0 Å². The summed E-state index contributed by atoms with van der Waals surface area (Å²) in [5.41, 5.74) is 6.51. The van der Waals surface area contributed by atoms with Crippen LogP contribution in [0.15, 0.2) is 29.2 Å². The Kier molecular flexibility index (Phi) is 5.88. The van der Waals surface area contributed by atoms with Crippen LogP contribution < -0.4 is 5.73 Å². The highest BCUT2D eigenvalue weighted by molar-refractivity contribution is 7.89. The van der Waals surface area contributed by atoms with E-state index in [1.165, 1.54) is 20.2 Å². The van der Waals surface area contributed by atoms with Crippen molar-refractivity contribution >= 4 is 16.0 Å². The quantitative estimate of drug-likeness (QED) is 0.795. The van der Waals surface area contributed by atoms with Crippen LogP contribution in [-0.4, -0.2) is 39.4 Å². The van der Waals surface area contributed by atoms with E-state index in [-0.39, 0.29) is 17.5 Å². The second-order valence-electron chi connectivity index (χ2n) is 5.07. The monoisotopic (exact) mass is 314 g/mol. The lowest BCUT2D eigenvalue weighted by Gasteiger charge is -2.20. The van der Waals surface area contributed by atoms with Crippen molar-refractivity contribution in [3.8, 4) is 0 Å². The van der Waals surface area contributed by atoms with Crippen molar-refractivity contribution in [1.82, 2.24) is 4.31 Å². The fourth-order valence-corrected chi connectivity index (χ4v) is 3.21. The number of methoxy groups -OCH3 is 1. The molecule has 0 saturated carbocycles. The molecule has 0 fully saturated rings. The van der Waals surface area contributed by atoms with Crippen LogP contribution in [0.4, 0.5) is 0 Å². The number of nitrogens with zero attached hydrogens (tertiary/aromatic N) is 1. The van der Waals surface area contributed by atoms with Gasteiger partial charge in [0, 0.05) is 19.6 Å². The Labute approximate surface area is 125 Å². The summed E-state index contributed by atoms with van der Waals surface area (Å²) in [6.07, 6.45) is 0. The van der Waals surface area contributed by atoms with Crippen LogP contribution in [0.2, 0.25) is 0 Å². The zero-order valence-electron chi connectivity index (χ0n) is 12.7. The molecular formula is C14H22N2O4S. The second-order valence-corrected chi connectivity index (χ2v) is 7.12. The van der Waals surface area contributed by atoms with E-state index in [1.807, 2.05) is 0 Å². The molecule has 1 aromatic rings. The van der Waals surface area contributed by atoms with E-state index < -0.39 is 21.9 Å². The molecule has 0 amide bonds. The van der Waals surface area contributed by atoms with Gasteiger partial charge in [0.2, 0.25) is 10.0 Å². The summed E-state index contributed by atoms with van der Waals surface area (Å²) in [4.78, 5) is 11.6. The maximum atomic E-state index is 12.5. The van der Waals surface area contributed by atoms with Crippen molar-refractivity contribution in [3.63, 3.8) is 0 Å². The number of sulfonamides is 1. The molecule has 0 aliphatic carbocycles. The molecule has 0 aliphatic rings. The fraction of sp³-hybridized carbons (Fsp3) is 0.500. The number of hydrogen-bond acceptors (Lipinski definition) is 5. The number of hydrogen-bond donors (Lipinski definition) is 1. The molecule has 118 valence electrons. The standard InChI is InChI=1S/C14H22N2O4S/c1-10(14(17)20-4)9-16(3)21(18,19)13-7-5-6-12(8-13)11(2)15/h5-8,10-11H,9,15H2,1-4H3. The summed E-state index contributed by atoms with van der Waals surface area (Å²) in [5.74, 6) is -0.979. The van der Waals surface area contributed by atoms with Gasteiger partial charge >= 0.3 is 5.97 Å². The van der Waals surface area contributed by atoms with E-state index in [4.69, 9.17) is 5.73 Å². The van der Waals surface area contributed by atoms with Gasteiger partial charge in [0.25, 0.3) is 0 Å². The third-order valence-corrected chi connectivity index (χ3v) is 5.05. The van der Waals surface area contributed by atoms with Gasteiger partial charge in [-0.05, 0) is 24.6 Å². The summed E-state index contributed by atoms with van der Waals surface area (Å²) in [7, 11) is -0.947. The van der Waals surface area contributed by atoms with Gasteiger partial charge in [-0.1, -0.05) is 19.1 Å². The van der Waals surface area contributed by atoms with Crippen LogP contribution in [0, 0.1) is 5.92 Å². The fourth-order valence-electron chi connectivity index (χ4n) is 1.90. The zero-order chi connectivity index (χ0) is 16.2. The van der Waals surface area contributed by atoms with Crippen molar-refractivity contribution in [2.75, 3.05) is 20.7 Å². The van der Waals surface area contributed by atoms with E-state index in [1.54, 1.807) is 32.0 Å². The highest BCUT2D eigenvalue weighted by Gasteiger charge is 2.25. The normalized spacial score (nSPS) is 14.8. The van der Waals surface area contributed by atoms with Gasteiger partial charge in [-0.15, -0.1) is 0 Å². The number of esters is 1. The van der Waals surface area contributed by atoms with Gasteiger partial charge in [-0.2, -0.15) is 0 Å². The van der Waals surface area contributed by atoms with Gasteiger partial charge in [0.05, 0.1) is 17.9 Å². The number of ether oxygens (including phenoxy) is 1. The molecule has 0 saturated heterocycles. The first-order valence-corrected chi connectivity index (χ1v) is 8.04. The average Bonchev–Trinajstić information content (AvgIpc) is 2.46. The summed E-state index contributed by atoms with van der Waals surface area (Å²) in [5, 5.41) is 0. The molecule has 0 aromatic heterocycles. The van der Waals surface area contributed by atoms with E-state index in [0.717, 1.165) is 9.87 Å². The molecule has 0 heterocycles. The van der Waals surface area contributed by atoms with E-state index in [2.05, 4.69) is 4.74 Å². The van der Waals surface area contributed by atoms with Crippen molar-refractivity contribution < 1.29 is 17.9 Å². The van der Waals surface area contributed by atoms with Crippen LogP contribution in [-0.2, 0) is 19.6 Å². The molecule has 0 radical (unpaired) electrons. The first-order chi connectivity index (χ1) is 9.70. The van der Waals surface area contributed by atoms with Crippen LogP contribution in [0.3, 0.4) is 0 Å². The van der Waals surface area contributed by atoms with Crippen LogP contribution in [0.5, 0.6) is 0 Å². The van der Waals surface area contributed by atoms with Crippen molar-refractivity contribution in [1.29, 1.82) is 0 Å². The number of carbonyl (C=O) groups excluding carboxylic acids is 1. The van der Waals surface area contributed by atoms with Crippen molar-refractivity contribution in [2.45, 2.75) is 24.8 Å². The van der Waals surface area contributed by atoms with E-state index in [9.17, 15) is 13.2 Å². The topological polar surface area (TPSA) is 89.7 Å². The highest BCUT2D eigenvalue weighted by atomic mass is 32.2. The van der Waals surface area contributed by atoms with Crippen molar-refractivity contribution in [3.05, 3.63) is 29.8 Å². The Morgan fingerprint density at radius 3 is 2.52 bits per heavy atom. The van der Waals surface area contributed by atoms with E-state index in [0.29, 0.717) is 0 Å². The Morgan fingerprint density at radius 2 is 2.00 bits per heavy atom. The van der Waals surface area contributed by atoms with Gasteiger partial charge in [0.1, 0.15) is 0 Å². The number of benzene rings is 1. The highest BCUT2D eigenvalue weighted by Crippen LogP contribution is 2.19. The Balaban J connectivity index is 3.00. The zero-order valence-corrected chi connectivity index (χ0v) is 13.6. The van der Waals surface area contributed by atoms with Crippen LogP contribution in [0.1, 0.15) is 25.5 Å². The predicted octanol–water partition coefficient (Wildman–Crippen LogP) is 1.14. The largest absolute Gasteiger partial charge is 0.469 e. The Morgan fingerprint density at radius 1 is 1.38 bits per heavy atom. The number of carbonyl (C=O) groups is 1. The second kappa shape index (κ2) is 7.02. The predicted molar refractivity (Wildman–Crippen MR) is 80.0 cm³/mol. The summed E-state index contributed by atoms with van der Waals surface area (Å²) >= 11 is 0. The van der Waals surface area contributed by atoms with Crippen LogP contribution in [0.25, 0.3) is 0 Å². The molecule has 7 heteroatoms. The lowest BCUT2D eigenvalue weighted by molar-refractivity contribution is -0.144. The molecule has 6 nitrogen and oxygen atoms in total. The molecule has 2 atom stereocenters. The summed E-state index contributed by atoms with van der Waals surface area (Å²) in [6, 6.07) is 6.25.